The highest BCUT2D eigenvalue weighted by Crippen LogP contribution is 2.18. The van der Waals surface area contributed by atoms with E-state index >= 15 is 0 Å². The van der Waals surface area contributed by atoms with Gasteiger partial charge in [0.15, 0.2) is 0 Å². The van der Waals surface area contributed by atoms with Crippen molar-refractivity contribution in [2.45, 2.75) is 39.7 Å². The predicted molar refractivity (Wildman–Crippen MR) is 69.2 cm³/mol. The van der Waals surface area contributed by atoms with Crippen LogP contribution in [-0.4, -0.2) is 17.6 Å². The molecule has 0 fully saturated rings. The molecule has 0 heterocycles. The van der Waals surface area contributed by atoms with E-state index in [9.17, 15) is 4.79 Å². The quantitative estimate of drug-likeness (QED) is 0.745. The van der Waals surface area contributed by atoms with Gasteiger partial charge >= 0.3 is 5.97 Å². The minimum absolute atomic E-state index is 0.229. The fraction of sp³-hybridized carbons (Fsp3) is 0.500. The Labute approximate surface area is 103 Å². The van der Waals surface area contributed by atoms with E-state index < -0.39 is 5.97 Å². The lowest BCUT2D eigenvalue weighted by Crippen LogP contribution is -2.21. The maximum absolute atomic E-state index is 10.4. The molecule has 0 spiro atoms. The van der Waals surface area contributed by atoms with Gasteiger partial charge in [-0.15, -0.1) is 0 Å². The van der Waals surface area contributed by atoms with Crippen LogP contribution in [0.25, 0.3) is 0 Å². The largest absolute Gasteiger partial charge is 0.481 e. The molecule has 0 saturated heterocycles. The number of aryl methyl sites for hydroxylation is 2. The maximum Gasteiger partial charge on any atom is 0.303 e. The third-order valence-electron chi connectivity index (χ3n) is 2.92. The Morgan fingerprint density at radius 1 is 1.41 bits per heavy atom. The minimum Gasteiger partial charge on any atom is -0.481 e. The Bertz CT molecular complexity index is 388. The van der Waals surface area contributed by atoms with Crippen LogP contribution in [0.2, 0.25) is 0 Å². The Balaban J connectivity index is 2.49. The number of benzene rings is 1. The van der Waals surface area contributed by atoms with Crippen LogP contribution in [0.5, 0.6) is 0 Å². The molecule has 0 aromatic heterocycles. The third-order valence-corrected chi connectivity index (χ3v) is 2.92. The predicted octanol–water partition coefficient (Wildman–Crippen LogP) is 2.82. The van der Waals surface area contributed by atoms with Gasteiger partial charge < -0.3 is 10.4 Å². The summed E-state index contributed by atoms with van der Waals surface area (Å²) in [6.45, 7) is 7.04. The molecule has 1 aromatic carbocycles. The molecular weight excluding hydrogens is 214 g/mol. The van der Waals surface area contributed by atoms with Crippen molar-refractivity contribution in [3.63, 3.8) is 0 Å². The molecule has 1 aromatic rings. The molecule has 17 heavy (non-hydrogen) atoms. The normalized spacial score (nSPS) is 12.4. The lowest BCUT2D eigenvalue weighted by Gasteiger charge is -2.17. The Kier molecular flexibility index (Phi) is 5.16. The van der Waals surface area contributed by atoms with Crippen molar-refractivity contribution in [1.29, 1.82) is 0 Å². The lowest BCUT2D eigenvalue weighted by atomic mass is 10.00. The highest BCUT2D eigenvalue weighted by Gasteiger charge is 2.07. The molecule has 1 rings (SSSR count). The zero-order chi connectivity index (χ0) is 12.8. The van der Waals surface area contributed by atoms with Crippen molar-refractivity contribution < 1.29 is 9.90 Å². The molecule has 0 aliphatic carbocycles. The van der Waals surface area contributed by atoms with Gasteiger partial charge in [0, 0.05) is 12.5 Å². The van der Waals surface area contributed by atoms with Gasteiger partial charge in [-0.25, -0.2) is 0 Å². The van der Waals surface area contributed by atoms with E-state index in [1.807, 2.05) is 0 Å². The first-order valence-electron chi connectivity index (χ1n) is 6.03. The number of hydrogen-bond donors (Lipinski definition) is 2. The van der Waals surface area contributed by atoms with Gasteiger partial charge in [-0.05, 0) is 44.9 Å². The van der Waals surface area contributed by atoms with Crippen molar-refractivity contribution in [3.05, 3.63) is 34.9 Å². The first-order chi connectivity index (χ1) is 8.00. The van der Waals surface area contributed by atoms with E-state index in [4.69, 9.17) is 5.11 Å². The van der Waals surface area contributed by atoms with Gasteiger partial charge in [0.25, 0.3) is 0 Å². The van der Waals surface area contributed by atoms with Crippen LogP contribution in [0.3, 0.4) is 0 Å². The number of carboxylic acid groups (broad SMARTS) is 1. The second-order valence-corrected chi connectivity index (χ2v) is 4.53. The van der Waals surface area contributed by atoms with E-state index in [0.717, 1.165) is 6.54 Å². The minimum atomic E-state index is -0.730. The monoisotopic (exact) mass is 235 g/mol. The summed E-state index contributed by atoms with van der Waals surface area (Å²) in [6.07, 6.45) is 0.900. The first kappa shape index (κ1) is 13.7. The highest BCUT2D eigenvalue weighted by atomic mass is 16.4. The average molecular weight is 235 g/mol. The summed E-state index contributed by atoms with van der Waals surface area (Å²) in [7, 11) is 0. The second kappa shape index (κ2) is 6.40. The van der Waals surface area contributed by atoms with Gasteiger partial charge in [0.1, 0.15) is 0 Å². The van der Waals surface area contributed by atoms with Crippen LogP contribution >= 0.6 is 0 Å². The molecule has 0 saturated carbocycles. The molecule has 1 unspecified atom stereocenters. The molecule has 3 heteroatoms. The SMILES string of the molecule is Cc1ccc(C)c(C(C)NCCCC(=O)O)c1. The van der Waals surface area contributed by atoms with Crippen LogP contribution in [0.4, 0.5) is 0 Å². The molecule has 0 bridgehead atoms. The molecule has 0 aliphatic heterocycles. The van der Waals surface area contributed by atoms with E-state index in [1.54, 1.807) is 0 Å². The van der Waals surface area contributed by atoms with Gasteiger partial charge in [-0.2, -0.15) is 0 Å². The molecule has 94 valence electrons. The van der Waals surface area contributed by atoms with Crippen LogP contribution < -0.4 is 5.32 Å². The maximum atomic E-state index is 10.4. The molecule has 1 atom stereocenters. The first-order valence-corrected chi connectivity index (χ1v) is 6.03. The summed E-state index contributed by atoms with van der Waals surface area (Å²) in [5, 5.41) is 11.9. The van der Waals surface area contributed by atoms with Gasteiger partial charge in [-0.3, -0.25) is 4.79 Å². The van der Waals surface area contributed by atoms with Crippen molar-refractivity contribution in [2.75, 3.05) is 6.54 Å². The molecule has 0 aliphatic rings. The average Bonchev–Trinajstić information content (AvgIpc) is 2.27. The summed E-state index contributed by atoms with van der Waals surface area (Å²) in [5.74, 6) is -0.730. The standard InChI is InChI=1S/C14H21NO2/c1-10-6-7-11(2)13(9-10)12(3)15-8-4-5-14(16)17/h6-7,9,12,15H,4-5,8H2,1-3H3,(H,16,17). The molecule has 2 N–H and O–H groups in total. The molecule has 3 nitrogen and oxygen atoms in total. The van der Waals surface area contributed by atoms with Gasteiger partial charge in [0.2, 0.25) is 0 Å². The summed E-state index contributed by atoms with van der Waals surface area (Å²) in [4.78, 5) is 10.4. The van der Waals surface area contributed by atoms with Crippen molar-refractivity contribution in [3.8, 4) is 0 Å². The van der Waals surface area contributed by atoms with Gasteiger partial charge in [0.05, 0.1) is 0 Å². The highest BCUT2D eigenvalue weighted by molar-refractivity contribution is 5.66. The zero-order valence-electron chi connectivity index (χ0n) is 10.8. The number of carbonyl (C=O) groups is 1. The van der Waals surface area contributed by atoms with Crippen LogP contribution in [0, 0.1) is 13.8 Å². The molecule has 0 amide bonds. The summed E-state index contributed by atoms with van der Waals surface area (Å²) in [5.41, 5.74) is 3.82. The Morgan fingerprint density at radius 3 is 2.76 bits per heavy atom. The fourth-order valence-electron chi connectivity index (χ4n) is 1.89. The summed E-state index contributed by atoms with van der Waals surface area (Å²) < 4.78 is 0. The van der Waals surface area contributed by atoms with Crippen molar-refractivity contribution >= 4 is 5.97 Å². The van der Waals surface area contributed by atoms with E-state index in [2.05, 4.69) is 44.3 Å². The fourth-order valence-corrected chi connectivity index (χ4v) is 1.89. The van der Waals surface area contributed by atoms with Crippen molar-refractivity contribution in [1.82, 2.24) is 5.32 Å². The third kappa shape index (κ3) is 4.57. The number of nitrogens with one attached hydrogen (secondary N) is 1. The molecular formula is C14H21NO2. The molecule has 0 radical (unpaired) electrons. The number of carboxylic acids is 1. The van der Waals surface area contributed by atoms with E-state index in [-0.39, 0.29) is 12.5 Å². The number of aliphatic carboxylic acids is 1. The van der Waals surface area contributed by atoms with E-state index in [0.29, 0.717) is 6.42 Å². The van der Waals surface area contributed by atoms with Crippen LogP contribution in [0.1, 0.15) is 42.5 Å². The lowest BCUT2D eigenvalue weighted by molar-refractivity contribution is -0.137. The van der Waals surface area contributed by atoms with Gasteiger partial charge in [-0.1, -0.05) is 23.8 Å². The number of rotatable bonds is 6. The van der Waals surface area contributed by atoms with E-state index in [1.165, 1.54) is 16.7 Å². The zero-order valence-corrected chi connectivity index (χ0v) is 10.8. The van der Waals surface area contributed by atoms with Crippen LogP contribution in [-0.2, 0) is 4.79 Å². The Hall–Kier alpha value is -1.35. The smallest absolute Gasteiger partial charge is 0.303 e. The topological polar surface area (TPSA) is 49.3 Å². The van der Waals surface area contributed by atoms with Crippen LogP contribution in [0.15, 0.2) is 18.2 Å². The number of hydrogen-bond acceptors (Lipinski definition) is 2. The second-order valence-electron chi connectivity index (χ2n) is 4.53. The summed E-state index contributed by atoms with van der Waals surface area (Å²) in [6, 6.07) is 6.68. The van der Waals surface area contributed by atoms with Crippen molar-refractivity contribution in [2.24, 2.45) is 0 Å². The summed E-state index contributed by atoms with van der Waals surface area (Å²) >= 11 is 0. The Morgan fingerprint density at radius 2 is 2.12 bits per heavy atom.